The highest BCUT2D eigenvalue weighted by atomic mass is 35.5. The number of nitrogens with zero attached hydrogens (tertiary/aromatic N) is 6. The van der Waals surface area contributed by atoms with Crippen LogP contribution in [0.2, 0.25) is 5.02 Å². The number of carbonyl (C=O) groups excluding carboxylic acids is 1. The molecule has 1 saturated heterocycles. The lowest BCUT2D eigenvalue weighted by Gasteiger charge is -2.42. The molecule has 3 heterocycles. The van der Waals surface area contributed by atoms with Crippen molar-refractivity contribution in [3.05, 3.63) is 35.5 Å². The number of anilines is 3. The summed E-state index contributed by atoms with van der Waals surface area (Å²) in [4.78, 5) is 34.6. The SMILES string of the molecule is CC(C)(C)OC(=O)N1CCN(c2ncc3ncnc(Nc4ccc(OCC5CC5)c(Cl)c4F)c3n2)CC12CC2. The molecule has 0 radical (unpaired) electrons. The van der Waals surface area contributed by atoms with Crippen LogP contribution in [0, 0.1) is 11.7 Å². The lowest BCUT2D eigenvalue weighted by Crippen LogP contribution is -2.58. The minimum Gasteiger partial charge on any atom is -0.492 e. The molecular formula is C27H31ClFN7O3. The van der Waals surface area contributed by atoms with E-state index >= 15 is 4.39 Å². The summed E-state index contributed by atoms with van der Waals surface area (Å²) in [6.07, 6.45) is 6.76. The largest absolute Gasteiger partial charge is 0.492 e. The Kier molecular flexibility index (Phi) is 6.36. The lowest BCUT2D eigenvalue weighted by molar-refractivity contribution is 0.0105. The first-order valence-electron chi connectivity index (χ1n) is 13.2. The molecule has 6 rings (SSSR count). The highest BCUT2D eigenvalue weighted by molar-refractivity contribution is 6.32. The van der Waals surface area contributed by atoms with E-state index in [0.29, 0.717) is 60.7 Å². The second-order valence-corrected chi connectivity index (χ2v) is 11.9. The number of carbonyl (C=O) groups is 1. The summed E-state index contributed by atoms with van der Waals surface area (Å²) < 4.78 is 26.5. The standard InChI is InChI=1S/C27H31ClFN7O3/c1-26(2,3)39-25(37)36-11-10-35(14-27(36)8-9-27)24-30-12-18-22(34-24)23(32-15-31-18)33-17-6-7-19(20(28)21(17)29)38-13-16-4-5-16/h6-7,12,15-16H,4-5,8-11,13-14H2,1-3H3,(H,31,32,33). The minimum absolute atomic E-state index is 0.0769. The summed E-state index contributed by atoms with van der Waals surface area (Å²) in [6.45, 7) is 7.80. The third-order valence-corrected chi connectivity index (χ3v) is 7.56. The number of ether oxygens (including phenoxy) is 2. The van der Waals surface area contributed by atoms with Gasteiger partial charge in [-0.25, -0.2) is 29.1 Å². The number of hydrogen-bond donors (Lipinski definition) is 1. The fraction of sp³-hybridized carbons (Fsp3) is 0.519. The van der Waals surface area contributed by atoms with Crippen molar-refractivity contribution in [3.63, 3.8) is 0 Å². The number of rotatable bonds is 6. The van der Waals surface area contributed by atoms with Crippen molar-refractivity contribution in [1.82, 2.24) is 24.8 Å². The van der Waals surface area contributed by atoms with Crippen LogP contribution < -0.4 is 15.0 Å². The molecule has 1 N–H and O–H groups in total. The third kappa shape index (κ3) is 5.36. The molecule has 1 aliphatic heterocycles. The number of hydrogen-bond acceptors (Lipinski definition) is 9. The molecule has 0 bridgehead atoms. The predicted octanol–water partition coefficient (Wildman–Crippen LogP) is 5.33. The summed E-state index contributed by atoms with van der Waals surface area (Å²) in [5.74, 6) is 1.05. The lowest BCUT2D eigenvalue weighted by atomic mass is 10.1. The molecule has 1 aromatic carbocycles. The molecule has 12 heteroatoms. The average Bonchev–Trinajstić information content (AvgIpc) is 3.83. The summed E-state index contributed by atoms with van der Waals surface area (Å²) in [5, 5.41) is 2.94. The van der Waals surface area contributed by atoms with Gasteiger partial charge in [-0.3, -0.25) is 4.90 Å². The Morgan fingerprint density at radius 2 is 2.00 bits per heavy atom. The quantitative estimate of drug-likeness (QED) is 0.431. The van der Waals surface area contributed by atoms with Crippen LogP contribution in [-0.4, -0.2) is 68.3 Å². The average molecular weight is 556 g/mol. The topological polar surface area (TPSA) is 106 Å². The van der Waals surface area contributed by atoms with Crippen molar-refractivity contribution in [2.75, 3.05) is 36.5 Å². The number of piperazine rings is 1. The fourth-order valence-electron chi connectivity index (χ4n) is 4.77. The monoisotopic (exact) mass is 555 g/mol. The van der Waals surface area contributed by atoms with Crippen molar-refractivity contribution in [1.29, 1.82) is 0 Å². The summed E-state index contributed by atoms with van der Waals surface area (Å²) in [6, 6.07) is 3.23. The van der Waals surface area contributed by atoms with E-state index in [9.17, 15) is 4.79 Å². The predicted molar refractivity (Wildman–Crippen MR) is 145 cm³/mol. The summed E-state index contributed by atoms with van der Waals surface area (Å²) in [5.41, 5.74) is 0.285. The van der Waals surface area contributed by atoms with E-state index in [-0.39, 0.29) is 22.3 Å². The zero-order valence-corrected chi connectivity index (χ0v) is 23.0. The van der Waals surface area contributed by atoms with E-state index in [0.717, 1.165) is 25.7 Å². The number of aromatic nitrogens is 4. The number of halogens is 2. The second kappa shape index (κ2) is 9.62. The van der Waals surface area contributed by atoms with Crippen LogP contribution in [0.1, 0.15) is 46.5 Å². The zero-order chi connectivity index (χ0) is 27.4. The zero-order valence-electron chi connectivity index (χ0n) is 22.2. The van der Waals surface area contributed by atoms with Gasteiger partial charge in [-0.15, -0.1) is 0 Å². The minimum atomic E-state index is -0.625. The smallest absolute Gasteiger partial charge is 0.410 e. The van der Waals surface area contributed by atoms with Crippen LogP contribution in [0.4, 0.5) is 26.6 Å². The Hall–Kier alpha value is -3.47. The van der Waals surface area contributed by atoms with Crippen molar-refractivity contribution in [3.8, 4) is 5.75 Å². The molecule has 2 aromatic heterocycles. The highest BCUT2D eigenvalue weighted by Crippen LogP contribution is 2.45. The Labute approximate surface area is 230 Å². The van der Waals surface area contributed by atoms with Crippen LogP contribution in [-0.2, 0) is 4.74 Å². The maximum Gasteiger partial charge on any atom is 0.410 e. The van der Waals surface area contributed by atoms with Crippen LogP contribution >= 0.6 is 11.6 Å². The van der Waals surface area contributed by atoms with Gasteiger partial charge in [0.25, 0.3) is 0 Å². The molecule has 2 aliphatic carbocycles. The Bertz CT molecular complexity index is 1420. The molecule has 3 aromatic rings. The maximum atomic E-state index is 15.2. The van der Waals surface area contributed by atoms with Crippen LogP contribution in [0.5, 0.6) is 5.75 Å². The van der Waals surface area contributed by atoms with E-state index in [2.05, 4.69) is 25.2 Å². The summed E-state index contributed by atoms with van der Waals surface area (Å²) >= 11 is 6.27. The molecule has 0 atom stereocenters. The van der Waals surface area contributed by atoms with Gasteiger partial charge >= 0.3 is 6.09 Å². The van der Waals surface area contributed by atoms with Gasteiger partial charge in [0.2, 0.25) is 5.95 Å². The Morgan fingerprint density at radius 3 is 2.72 bits per heavy atom. The first kappa shape index (κ1) is 25.8. The fourth-order valence-corrected chi connectivity index (χ4v) is 4.99. The van der Waals surface area contributed by atoms with Crippen LogP contribution in [0.25, 0.3) is 11.0 Å². The van der Waals surface area contributed by atoms with E-state index < -0.39 is 11.4 Å². The second-order valence-electron chi connectivity index (χ2n) is 11.5. The van der Waals surface area contributed by atoms with Gasteiger partial charge in [0.05, 0.1) is 24.0 Å². The molecule has 3 aliphatic rings. The summed E-state index contributed by atoms with van der Waals surface area (Å²) in [7, 11) is 0. The van der Waals surface area contributed by atoms with Crippen LogP contribution in [0.3, 0.4) is 0 Å². The number of amides is 1. The maximum absolute atomic E-state index is 15.2. The Morgan fingerprint density at radius 1 is 1.21 bits per heavy atom. The van der Waals surface area contributed by atoms with Gasteiger partial charge < -0.3 is 19.7 Å². The van der Waals surface area contributed by atoms with Gasteiger partial charge in [0.1, 0.15) is 33.7 Å². The molecule has 0 unspecified atom stereocenters. The molecule has 1 spiro atoms. The normalized spacial score (nSPS) is 18.4. The first-order chi connectivity index (χ1) is 18.6. The van der Waals surface area contributed by atoms with Crippen molar-refractivity contribution in [2.45, 2.75) is 57.6 Å². The third-order valence-electron chi connectivity index (χ3n) is 7.21. The number of benzene rings is 1. The van der Waals surface area contributed by atoms with Gasteiger partial charge in [0.15, 0.2) is 11.6 Å². The first-order valence-corrected chi connectivity index (χ1v) is 13.6. The molecule has 206 valence electrons. The van der Waals surface area contributed by atoms with Gasteiger partial charge in [0, 0.05) is 19.6 Å². The van der Waals surface area contributed by atoms with E-state index in [1.54, 1.807) is 18.3 Å². The molecule has 2 saturated carbocycles. The molecule has 39 heavy (non-hydrogen) atoms. The Balaban J connectivity index is 1.22. The highest BCUT2D eigenvalue weighted by Gasteiger charge is 2.54. The van der Waals surface area contributed by atoms with E-state index in [4.69, 9.17) is 26.1 Å². The molecule has 1 amide bonds. The van der Waals surface area contributed by atoms with Crippen molar-refractivity contribution < 1.29 is 18.7 Å². The van der Waals surface area contributed by atoms with Crippen molar-refractivity contribution in [2.24, 2.45) is 5.92 Å². The van der Waals surface area contributed by atoms with Gasteiger partial charge in [-0.05, 0) is 64.5 Å². The van der Waals surface area contributed by atoms with Gasteiger partial charge in [-0.1, -0.05) is 11.6 Å². The molecule has 3 fully saturated rings. The van der Waals surface area contributed by atoms with Crippen LogP contribution in [0.15, 0.2) is 24.7 Å². The van der Waals surface area contributed by atoms with E-state index in [1.807, 2.05) is 25.7 Å². The number of fused-ring (bicyclic) bond motifs is 1. The molecular weight excluding hydrogens is 525 g/mol. The number of nitrogens with one attached hydrogen (secondary N) is 1. The van der Waals surface area contributed by atoms with Gasteiger partial charge in [-0.2, -0.15) is 0 Å². The van der Waals surface area contributed by atoms with Crippen molar-refractivity contribution >= 4 is 46.2 Å². The molecule has 10 nitrogen and oxygen atoms in total. The van der Waals surface area contributed by atoms with E-state index in [1.165, 1.54) is 6.33 Å².